The summed E-state index contributed by atoms with van der Waals surface area (Å²) in [5.41, 5.74) is 2.09. The summed E-state index contributed by atoms with van der Waals surface area (Å²) in [6.45, 7) is 7.62. The van der Waals surface area contributed by atoms with Crippen LogP contribution >= 0.6 is 0 Å². The second kappa shape index (κ2) is 12.8. The first-order valence-electron chi connectivity index (χ1n) is 14.4. The molecular weight excluding hydrogens is 480 g/mol. The minimum atomic E-state index is -1.08. The van der Waals surface area contributed by atoms with Crippen molar-refractivity contribution >= 4 is 5.91 Å². The zero-order valence-electron chi connectivity index (χ0n) is 22.9. The predicted molar refractivity (Wildman–Crippen MR) is 148 cm³/mol. The monoisotopic (exact) mass is 521 g/mol. The molecule has 0 unspecified atom stereocenters. The molecule has 0 saturated carbocycles. The molecule has 6 heteroatoms. The van der Waals surface area contributed by atoms with Crippen LogP contribution in [0.5, 0.6) is 0 Å². The maximum atomic E-state index is 15.0. The molecule has 2 aromatic carbocycles. The molecule has 0 N–H and O–H groups in total. The molecule has 38 heavy (non-hydrogen) atoms. The molecule has 0 spiro atoms. The van der Waals surface area contributed by atoms with E-state index in [2.05, 4.69) is 11.0 Å². The molecule has 2 aliphatic heterocycles. The molecule has 2 heterocycles. The summed E-state index contributed by atoms with van der Waals surface area (Å²) >= 11 is 0. The third-order valence-corrected chi connectivity index (χ3v) is 8.71. The summed E-state index contributed by atoms with van der Waals surface area (Å²) in [7, 11) is 0. The number of nitriles is 1. The smallest absolute Gasteiger partial charge is 0.256 e. The molecule has 2 aliphatic rings. The highest BCUT2D eigenvalue weighted by atomic mass is 19.1. The summed E-state index contributed by atoms with van der Waals surface area (Å²) < 4.78 is 29.7. The fourth-order valence-electron chi connectivity index (χ4n) is 5.88. The SMILES string of the molecule is CCC(F)(CC)CN1CCC(CCc2ccc(-c3ccc(C(=O)N4CCCCC4)c(F)c3)cc2C#N)CC1. The maximum absolute atomic E-state index is 15.0. The van der Waals surface area contributed by atoms with Crippen molar-refractivity contribution in [2.24, 2.45) is 5.92 Å². The normalized spacial score (nSPS) is 17.4. The number of nitrogens with zero attached hydrogens (tertiary/aromatic N) is 3. The molecule has 0 bridgehead atoms. The van der Waals surface area contributed by atoms with Crippen LogP contribution in [0, 0.1) is 23.1 Å². The number of hydrogen-bond acceptors (Lipinski definition) is 3. The highest BCUT2D eigenvalue weighted by Gasteiger charge is 2.30. The number of carbonyl (C=O) groups is 1. The summed E-state index contributed by atoms with van der Waals surface area (Å²) in [6, 6.07) is 12.8. The van der Waals surface area contributed by atoms with Gasteiger partial charge in [0.15, 0.2) is 0 Å². The molecule has 2 aromatic rings. The lowest BCUT2D eigenvalue weighted by Gasteiger charge is -2.36. The maximum Gasteiger partial charge on any atom is 0.256 e. The Morgan fingerprint density at radius 3 is 2.29 bits per heavy atom. The number of rotatable bonds is 9. The molecule has 0 aromatic heterocycles. The zero-order valence-corrected chi connectivity index (χ0v) is 22.9. The number of piperidine rings is 2. The minimum absolute atomic E-state index is 0.111. The van der Waals surface area contributed by atoms with Gasteiger partial charge in [0.2, 0.25) is 0 Å². The second-order valence-corrected chi connectivity index (χ2v) is 11.1. The zero-order chi connectivity index (χ0) is 27.1. The quantitative estimate of drug-likeness (QED) is 0.352. The second-order valence-electron chi connectivity index (χ2n) is 11.1. The average Bonchev–Trinajstić information content (AvgIpc) is 2.96. The van der Waals surface area contributed by atoms with Crippen LogP contribution in [0.4, 0.5) is 8.78 Å². The first kappa shape index (κ1) is 28.2. The van der Waals surface area contributed by atoms with Crippen LogP contribution in [0.25, 0.3) is 11.1 Å². The molecule has 204 valence electrons. The van der Waals surface area contributed by atoms with Crippen molar-refractivity contribution in [3.63, 3.8) is 0 Å². The van der Waals surface area contributed by atoms with Gasteiger partial charge >= 0.3 is 0 Å². The number of amides is 1. The van der Waals surface area contributed by atoms with Crippen molar-refractivity contribution in [3.8, 4) is 17.2 Å². The van der Waals surface area contributed by atoms with E-state index in [1.807, 2.05) is 32.0 Å². The Bertz CT molecular complexity index is 1140. The van der Waals surface area contributed by atoms with Crippen molar-refractivity contribution < 1.29 is 13.6 Å². The van der Waals surface area contributed by atoms with E-state index in [-0.39, 0.29) is 11.5 Å². The van der Waals surface area contributed by atoms with Crippen LogP contribution in [0.2, 0.25) is 0 Å². The van der Waals surface area contributed by atoms with Gasteiger partial charge in [0.25, 0.3) is 5.91 Å². The first-order valence-corrected chi connectivity index (χ1v) is 14.4. The van der Waals surface area contributed by atoms with E-state index < -0.39 is 11.5 Å². The van der Waals surface area contributed by atoms with Crippen molar-refractivity contribution in [3.05, 3.63) is 58.9 Å². The van der Waals surface area contributed by atoms with E-state index in [1.165, 1.54) is 6.07 Å². The van der Waals surface area contributed by atoms with Gasteiger partial charge in [-0.05, 0) is 112 Å². The van der Waals surface area contributed by atoms with Gasteiger partial charge in [0.05, 0.1) is 17.2 Å². The number of carbonyl (C=O) groups excluding carboxylic acids is 1. The van der Waals surface area contributed by atoms with Crippen LogP contribution < -0.4 is 0 Å². The topological polar surface area (TPSA) is 47.3 Å². The van der Waals surface area contributed by atoms with Crippen molar-refractivity contribution in [1.82, 2.24) is 9.80 Å². The van der Waals surface area contributed by atoms with Gasteiger partial charge in [-0.15, -0.1) is 0 Å². The van der Waals surface area contributed by atoms with Gasteiger partial charge in [-0.25, -0.2) is 8.78 Å². The summed E-state index contributed by atoms with van der Waals surface area (Å²) in [6.07, 6.45) is 8.11. The lowest BCUT2D eigenvalue weighted by atomic mass is 9.88. The number of halogens is 2. The van der Waals surface area contributed by atoms with Gasteiger partial charge in [0, 0.05) is 19.6 Å². The standard InChI is InChI=1S/C32H41F2N3O/c1-3-32(34,4-2)23-36-18-14-24(15-19-36)8-9-25-10-11-26(20-28(25)22-35)27-12-13-29(30(33)21-27)31(38)37-16-6-5-7-17-37/h10-13,20-21,24H,3-9,14-19,23H2,1-2H3. The predicted octanol–water partition coefficient (Wildman–Crippen LogP) is 7.16. The van der Waals surface area contributed by atoms with Crippen molar-refractivity contribution in [2.75, 3.05) is 32.7 Å². The molecule has 0 atom stereocenters. The lowest BCUT2D eigenvalue weighted by Crippen LogP contribution is -2.43. The van der Waals surface area contributed by atoms with Gasteiger partial charge in [-0.3, -0.25) is 4.79 Å². The van der Waals surface area contributed by atoms with Crippen LogP contribution in [-0.4, -0.2) is 54.1 Å². The van der Waals surface area contributed by atoms with Crippen molar-refractivity contribution in [1.29, 1.82) is 5.26 Å². The molecule has 0 radical (unpaired) electrons. The lowest BCUT2D eigenvalue weighted by molar-refractivity contribution is 0.0628. The summed E-state index contributed by atoms with van der Waals surface area (Å²) in [5.74, 6) is -0.184. The Hall–Kier alpha value is -2.78. The number of hydrogen-bond donors (Lipinski definition) is 0. The molecule has 1 amide bonds. The molecule has 4 rings (SSSR count). The van der Waals surface area contributed by atoms with E-state index in [4.69, 9.17) is 0 Å². The summed E-state index contributed by atoms with van der Waals surface area (Å²) in [5, 5.41) is 9.82. The molecular formula is C32H41F2N3O. The van der Waals surface area contributed by atoms with Crippen LogP contribution in [0.1, 0.15) is 86.7 Å². The fourth-order valence-corrected chi connectivity index (χ4v) is 5.88. The molecule has 2 fully saturated rings. The Balaban J connectivity index is 1.36. The number of alkyl halides is 1. The average molecular weight is 522 g/mol. The number of likely N-dealkylation sites (tertiary alicyclic amines) is 2. The fraction of sp³-hybridized carbons (Fsp3) is 0.562. The van der Waals surface area contributed by atoms with Gasteiger partial charge in [-0.2, -0.15) is 5.26 Å². The van der Waals surface area contributed by atoms with E-state index >= 15 is 0 Å². The number of benzene rings is 2. The van der Waals surface area contributed by atoms with Crippen LogP contribution in [-0.2, 0) is 6.42 Å². The van der Waals surface area contributed by atoms with Gasteiger partial charge < -0.3 is 9.80 Å². The Morgan fingerprint density at radius 2 is 1.66 bits per heavy atom. The third kappa shape index (κ3) is 6.80. The molecule has 0 aliphatic carbocycles. The van der Waals surface area contributed by atoms with Gasteiger partial charge in [0.1, 0.15) is 11.5 Å². The van der Waals surface area contributed by atoms with Gasteiger partial charge in [-0.1, -0.05) is 32.0 Å². The Morgan fingerprint density at radius 1 is 1.00 bits per heavy atom. The van der Waals surface area contributed by atoms with Crippen LogP contribution in [0.3, 0.4) is 0 Å². The molecule has 2 saturated heterocycles. The summed E-state index contributed by atoms with van der Waals surface area (Å²) in [4.78, 5) is 16.7. The Labute approximate surface area is 226 Å². The van der Waals surface area contributed by atoms with E-state index in [0.29, 0.717) is 49.5 Å². The van der Waals surface area contributed by atoms with E-state index in [0.717, 1.165) is 69.2 Å². The highest BCUT2D eigenvalue weighted by molar-refractivity contribution is 5.95. The van der Waals surface area contributed by atoms with E-state index in [1.54, 1.807) is 17.0 Å². The Kier molecular flexibility index (Phi) is 9.54. The largest absolute Gasteiger partial charge is 0.339 e. The van der Waals surface area contributed by atoms with E-state index in [9.17, 15) is 18.8 Å². The number of aryl methyl sites for hydroxylation is 1. The third-order valence-electron chi connectivity index (χ3n) is 8.71. The highest BCUT2D eigenvalue weighted by Crippen LogP contribution is 2.29. The first-order chi connectivity index (χ1) is 18.4. The van der Waals surface area contributed by atoms with Crippen molar-refractivity contribution in [2.45, 2.75) is 77.3 Å². The minimum Gasteiger partial charge on any atom is -0.339 e. The molecule has 4 nitrogen and oxygen atoms in total. The van der Waals surface area contributed by atoms with Crippen LogP contribution in [0.15, 0.2) is 36.4 Å².